The number of halogens is 1. The van der Waals surface area contributed by atoms with Crippen LogP contribution >= 0.6 is 11.6 Å². The van der Waals surface area contributed by atoms with Crippen molar-refractivity contribution in [1.29, 1.82) is 0 Å². The van der Waals surface area contributed by atoms with Gasteiger partial charge in [-0.25, -0.2) is 25.4 Å². The summed E-state index contributed by atoms with van der Waals surface area (Å²) >= 11 is 5.96. The fourth-order valence-corrected chi connectivity index (χ4v) is 6.46. The number of amides is 1. The third-order valence-corrected chi connectivity index (χ3v) is 9.54. The standard InChI is InChI=1S/C23H30ClN3O6S2/c1-26(2)35(31,32)22-10-8-21(9-11-22)33-14-12-25-23(28)19-6-4-13-27(16-19)34(29,30)17-18-5-3-7-20(24)15-18/h3,5,7-11,15,19H,4,6,12-14,16-17H2,1-2H3,(H,25,28)/t19-/m0/s1. The number of carbonyl (C=O) groups is 1. The van der Waals surface area contributed by atoms with Crippen LogP contribution in [0.25, 0.3) is 0 Å². The third-order valence-electron chi connectivity index (χ3n) is 5.66. The van der Waals surface area contributed by atoms with Gasteiger partial charge >= 0.3 is 0 Å². The topological polar surface area (TPSA) is 113 Å². The van der Waals surface area contributed by atoms with Crippen molar-refractivity contribution < 1.29 is 26.4 Å². The summed E-state index contributed by atoms with van der Waals surface area (Å²) in [5.41, 5.74) is 0.605. The molecule has 0 unspecified atom stereocenters. The van der Waals surface area contributed by atoms with Crippen LogP contribution in [0.4, 0.5) is 0 Å². The molecule has 1 fully saturated rings. The van der Waals surface area contributed by atoms with Crippen molar-refractivity contribution in [2.45, 2.75) is 23.5 Å². The number of nitrogens with one attached hydrogen (secondary N) is 1. The Bertz CT molecular complexity index is 1230. The van der Waals surface area contributed by atoms with Crippen LogP contribution in [0, 0.1) is 5.92 Å². The van der Waals surface area contributed by atoms with E-state index in [1.807, 2.05) is 0 Å². The summed E-state index contributed by atoms with van der Waals surface area (Å²) in [4.78, 5) is 12.8. The first-order valence-electron chi connectivity index (χ1n) is 11.1. The molecule has 2 aromatic rings. The molecule has 0 aliphatic carbocycles. The summed E-state index contributed by atoms with van der Waals surface area (Å²) in [6.07, 6.45) is 1.21. The normalized spacial score (nSPS) is 17.3. The second kappa shape index (κ2) is 11.7. The zero-order valence-corrected chi connectivity index (χ0v) is 22.1. The first-order chi connectivity index (χ1) is 16.5. The van der Waals surface area contributed by atoms with Crippen molar-refractivity contribution in [1.82, 2.24) is 13.9 Å². The van der Waals surface area contributed by atoms with Gasteiger partial charge in [0.05, 0.1) is 23.1 Å². The number of benzene rings is 2. The van der Waals surface area contributed by atoms with Crippen LogP contribution in [0.2, 0.25) is 5.02 Å². The van der Waals surface area contributed by atoms with Gasteiger partial charge in [-0.15, -0.1) is 0 Å². The minimum absolute atomic E-state index is 0.136. The highest BCUT2D eigenvalue weighted by molar-refractivity contribution is 7.89. The first-order valence-corrected chi connectivity index (χ1v) is 14.6. The van der Waals surface area contributed by atoms with E-state index in [1.165, 1.54) is 30.5 Å². The van der Waals surface area contributed by atoms with E-state index in [0.29, 0.717) is 35.7 Å². The predicted molar refractivity (Wildman–Crippen MR) is 134 cm³/mol. The molecule has 1 N–H and O–H groups in total. The lowest BCUT2D eigenvalue weighted by molar-refractivity contribution is -0.126. The van der Waals surface area contributed by atoms with Crippen LogP contribution < -0.4 is 10.1 Å². The molecule has 1 amide bonds. The molecule has 1 aliphatic heterocycles. The van der Waals surface area contributed by atoms with Crippen LogP contribution in [0.1, 0.15) is 18.4 Å². The van der Waals surface area contributed by atoms with Crippen molar-refractivity contribution >= 4 is 37.6 Å². The van der Waals surface area contributed by atoms with E-state index in [2.05, 4.69) is 5.32 Å². The van der Waals surface area contributed by atoms with Crippen molar-refractivity contribution in [3.05, 3.63) is 59.1 Å². The summed E-state index contributed by atoms with van der Waals surface area (Å²) in [7, 11) is -4.16. The number of ether oxygens (including phenoxy) is 1. The highest BCUT2D eigenvalue weighted by Gasteiger charge is 2.32. The van der Waals surface area contributed by atoms with Crippen LogP contribution in [-0.2, 0) is 30.6 Å². The van der Waals surface area contributed by atoms with Gasteiger partial charge in [-0.2, -0.15) is 0 Å². The summed E-state index contributed by atoms with van der Waals surface area (Å²) in [5, 5.41) is 3.27. The van der Waals surface area contributed by atoms with Crippen LogP contribution in [-0.4, -0.2) is 71.7 Å². The smallest absolute Gasteiger partial charge is 0.242 e. The van der Waals surface area contributed by atoms with E-state index in [-0.39, 0.29) is 36.3 Å². The van der Waals surface area contributed by atoms with Gasteiger partial charge in [0.1, 0.15) is 12.4 Å². The van der Waals surface area contributed by atoms with Crippen molar-refractivity contribution in [2.75, 3.05) is 40.3 Å². The molecule has 192 valence electrons. The second-order valence-corrected chi connectivity index (χ2v) is 13.0. The highest BCUT2D eigenvalue weighted by Crippen LogP contribution is 2.23. The Balaban J connectivity index is 1.47. The molecule has 35 heavy (non-hydrogen) atoms. The molecule has 0 aromatic heterocycles. The molecule has 1 saturated heterocycles. The molecule has 1 aliphatic rings. The van der Waals surface area contributed by atoms with Crippen molar-refractivity contribution in [2.24, 2.45) is 5.92 Å². The van der Waals surface area contributed by atoms with Gasteiger partial charge in [0.2, 0.25) is 26.0 Å². The summed E-state index contributed by atoms with van der Waals surface area (Å²) in [5.74, 6) is -0.338. The van der Waals surface area contributed by atoms with E-state index in [0.717, 1.165) is 4.31 Å². The minimum Gasteiger partial charge on any atom is -0.492 e. The maximum Gasteiger partial charge on any atom is 0.242 e. The fraction of sp³-hybridized carbons (Fsp3) is 0.435. The Kier molecular flexibility index (Phi) is 9.16. The van der Waals surface area contributed by atoms with Crippen LogP contribution in [0.3, 0.4) is 0 Å². The van der Waals surface area contributed by atoms with E-state index >= 15 is 0 Å². The maximum absolute atomic E-state index is 12.9. The van der Waals surface area contributed by atoms with Crippen LogP contribution in [0.15, 0.2) is 53.4 Å². The highest BCUT2D eigenvalue weighted by atomic mass is 35.5. The largest absolute Gasteiger partial charge is 0.492 e. The molecule has 0 spiro atoms. The maximum atomic E-state index is 12.9. The SMILES string of the molecule is CN(C)S(=O)(=O)c1ccc(OCCNC(=O)[C@H]2CCCN(S(=O)(=O)Cc3cccc(Cl)c3)C2)cc1. The lowest BCUT2D eigenvalue weighted by Gasteiger charge is -2.31. The molecule has 3 rings (SSSR count). The molecule has 0 bridgehead atoms. The van der Waals surface area contributed by atoms with Gasteiger partial charge in [0, 0.05) is 32.2 Å². The van der Waals surface area contributed by atoms with E-state index < -0.39 is 26.0 Å². The lowest BCUT2D eigenvalue weighted by atomic mass is 9.99. The Hall–Kier alpha value is -2.18. The van der Waals surface area contributed by atoms with Gasteiger partial charge in [-0.1, -0.05) is 23.7 Å². The van der Waals surface area contributed by atoms with Crippen molar-refractivity contribution in [3.63, 3.8) is 0 Å². The summed E-state index contributed by atoms with van der Waals surface area (Å²) in [6.45, 7) is 0.949. The molecule has 1 heterocycles. The number of hydrogen-bond donors (Lipinski definition) is 1. The molecule has 1 atom stereocenters. The monoisotopic (exact) mass is 543 g/mol. The van der Waals surface area contributed by atoms with Crippen molar-refractivity contribution in [3.8, 4) is 5.75 Å². The Labute approximate surface area is 212 Å². The zero-order valence-electron chi connectivity index (χ0n) is 19.7. The average Bonchev–Trinajstić information content (AvgIpc) is 2.81. The zero-order chi connectivity index (χ0) is 25.6. The molecule has 12 heteroatoms. The molecular weight excluding hydrogens is 514 g/mol. The van der Waals surface area contributed by atoms with Gasteiger partial charge in [0.25, 0.3) is 0 Å². The fourth-order valence-electron chi connectivity index (χ4n) is 3.74. The Morgan fingerprint density at radius 2 is 1.86 bits per heavy atom. The second-order valence-electron chi connectivity index (χ2n) is 8.48. The predicted octanol–water partition coefficient (Wildman–Crippen LogP) is 2.33. The van der Waals surface area contributed by atoms with E-state index in [1.54, 1.807) is 36.4 Å². The molecule has 0 radical (unpaired) electrons. The number of rotatable bonds is 10. The average molecular weight is 544 g/mol. The quantitative estimate of drug-likeness (QED) is 0.460. The third kappa shape index (κ3) is 7.40. The van der Waals surface area contributed by atoms with Gasteiger partial charge < -0.3 is 10.1 Å². The number of nitrogens with zero attached hydrogens (tertiary/aromatic N) is 2. The molecule has 0 saturated carbocycles. The summed E-state index contributed by atoms with van der Waals surface area (Å²) in [6, 6.07) is 12.8. The van der Waals surface area contributed by atoms with Gasteiger partial charge in [0.15, 0.2) is 0 Å². The minimum atomic E-state index is -3.58. The van der Waals surface area contributed by atoms with Gasteiger partial charge in [-0.05, 0) is 54.8 Å². The summed E-state index contributed by atoms with van der Waals surface area (Å²) < 4.78 is 58.0. The lowest BCUT2D eigenvalue weighted by Crippen LogP contribution is -2.46. The molecular formula is C23H30ClN3O6S2. The number of hydrogen-bond acceptors (Lipinski definition) is 6. The number of piperidine rings is 1. The molecule has 2 aromatic carbocycles. The first kappa shape index (κ1) is 27.4. The Morgan fingerprint density at radius 3 is 2.51 bits per heavy atom. The van der Waals surface area contributed by atoms with Gasteiger partial charge in [-0.3, -0.25) is 4.79 Å². The molecule has 9 nitrogen and oxygen atoms in total. The van der Waals surface area contributed by atoms with E-state index in [9.17, 15) is 21.6 Å². The number of sulfonamides is 2. The number of carbonyl (C=O) groups excluding carboxylic acids is 1. The van der Waals surface area contributed by atoms with E-state index in [4.69, 9.17) is 16.3 Å². The Morgan fingerprint density at radius 1 is 1.14 bits per heavy atom. The van der Waals surface area contributed by atoms with Crippen LogP contribution in [0.5, 0.6) is 5.75 Å².